The Morgan fingerprint density at radius 2 is 2.07 bits per heavy atom. The second-order valence-electron chi connectivity index (χ2n) is 5.87. The molecule has 0 saturated heterocycles. The van der Waals surface area contributed by atoms with E-state index in [4.69, 9.17) is 14.0 Å². The first-order valence-corrected chi connectivity index (χ1v) is 8.81. The lowest BCUT2D eigenvalue weighted by atomic mass is 10.1. The zero-order valence-corrected chi connectivity index (χ0v) is 15.5. The lowest BCUT2D eigenvalue weighted by Crippen LogP contribution is -2.07. The maximum atomic E-state index is 12.8. The van der Waals surface area contributed by atoms with Gasteiger partial charge < -0.3 is 14.0 Å². The molecule has 0 bridgehead atoms. The minimum absolute atomic E-state index is 0.0808. The summed E-state index contributed by atoms with van der Waals surface area (Å²) in [6, 6.07) is 5.14. The van der Waals surface area contributed by atoms with Crippen LogP contribution in [0.3, 0.4) is 0 Å². The summed E-state index contributed by atoms with van der Waals surface area (Å²) in [5.74, 6) is 0.465. The van der Waals surface area contributed by atoms with Crippen LogP contribution in [0.4, 0.5) is 0 Å². The molecule has 0 radical (unpaired) electrons. The molecule has 27 heavy (non-hydrogen) atoms. The fourth-order valence-electron chi connectivity index (χ4n) is 2.85. The van der Waals surface area contributed by atoms with E-state index >= 15 is 0 Å². The number of rotatable bonds is 8. The second-order valence-corrected chi connectivity index (χ2v) is 5.87. The highest BCUT2D eigenvalue weighted by Gasteiger charge is 2.20. The van der Waals surface area contributed by atoms with Gasteiger partial charge in [-0.3, -0.25) is 9.20 Å². The van der Waals surface area contributed by atoms with Gasteiger partial charge in [0.25, 0.3) is 0 Å². The third-order valence-electron chi connectivity index (χ3n) is 3.99. The normalized spacial score (nSPS) is 10.9. The number of Topliss-reactive ketones (excluding diaryl/α,β-unsaturated/α-hetero) is 1. The third kappa shape index (κ3) is 3.84. The van der Waals surface area contributed by atoms with Crippen molar-refractivity contribution in [2.75, 3.05) is 13.2 Å². The number of hydrogen-bond donors (Lipinski definition) is 0. The minimum atomic E-state index is -0.542. The number of aromatic nitrogens is 3. The number of imidazole rings is 1. The van der Waals surface area contributed by atoms with E-state index < -0.39 is 5.97 Å². The van der Waals surface area contributed by atoms with Gasteiger partial charge in [0.1, 0.15) is 11.5 Å². The molecule has 0 N–H and O–H groups in total. The molecule has 3 aromatic heterocycles. The predicted molar refractivity (Wildman–Crippen MR) is 96.2 cm³/mol. The Morgan fingerprint density at radius 3 is 2.81 bits per heavy atom. The van der Waals surface area contributed by atoms with Gasteiger partial charge in [-0.25, -0.2) is 9.78 Å². The van der Waals surface area contributed by atoms with Crippen molar-refractivity contribution >= 4 is 17.4 Å². The van der Waals surface area contributed by atoms with Crippen molar-refractivity contribution in [3.8, 4) is 5.75 Å². The average molecular weight is 371 g/mol. The van der Waals surface area contributed by atoms with Crippen LogP contribution in [0, 0.1) is 6.92 Å². The molecule has 0 unspecified atom stereocenters. The zero-order chi connectivity index (χ0) is 19.4. The fraction of sp³-hybridized carbons (Fsp3) is 0.368. The standard InChI is InChI=1S/C19H21N3O5/c1-4-25-16-7-6-10-22-17(12(3)20-18(16)22)15(23)9-8-13-11-14(21-27-13)19(24)26-5-2/h6-7,10-11H,4-5,8-9H2,1-3H3. The molecule has 0 fully saturated rings. The predicted octanol–water partition coefficient (Wildman–Crippen LogP) is 3.02. The molecule has 3 heterocycles. The smallest absolute Gasteiger partial charge is 0.360 e. The highest BCUT2D eigenvalue weighted by molar-refractivity contribution is 5.96. The summed E-state index contributed by atoms with van der Waals surface area (Å²) in [7, 11) is 0. The third-order valence-corrected chi connectivity index (χ3v) is 3.99. The van der Waals surface area contributed by atoms with Crippen molar-refractivity contribution in [2.45, 2.75) is 33.6 Å². The van der Waals surface area contributed by atoms with Crippen molar-refractivity contribution in [3.63, 3.8) is 0 Å². The maximum Gasteiger partial charge on any atom is 0.360 e. The van der Waals surface area contributed by atoms with Gasteiger partial charge in [-0.05, 0) is 32.9 Å². The highest BCUT2D eigenvalue weighted by atomic mass is 16.5. The van der Waals surface area contributed by atoms with Crippen LogP contribution in [0.5, 0.6) is 5.75 Å². The Balaban J connectivity index is 1.76. The Hall–Kier alpha value is -3.16. The van der Waals surface area contributed by atoms with Crippen LogP contribution < -0.4 is 4.74 Å². The number of pyridine rings is 1. The molecule has 3 rings (SSSR count). The number of aryl methyl sites for hydroxylation is 2. The number of fused-ring (bicyclic) bond motifs is 1. The average Bonchev–Trinajstić information content (AvgIpc) is 3.25. The van der Waals surface area contributed by atoms with Gasteiger partial charge in [0.05, 0.1) is 18.9 Å². The highest BCUT2D eigenvalue weighted by Crippen LogP contribution is 2.23. The summed E-state index contributed by atoms with van der Waals surface area (Å²) < 4.78 is 17.3. The van der Waals surface area contributed by atoms with Crippen LogP contribution in [-0.2, 0) is 11.2 Å². The molecule has 0 aliphatic heterocycles. The van der Waals surface area contributed by atoms with E-state index in [0.717, 1.165) is 0 Å². The number of hydrogen-bond acceptors (Lipinski definition) is 7. The first-order valence-electron chi connectivity index (χ1n) is 8.81. The molecular weight excluding hydrogens is 350 g/mol. The number of esters is 1. The molecule has 8 heteroatoms. The SMILES string of the molecule is CCOC(=O)c1cc(CCC(=O)c2c(C)nc3c(OCC)cccn23)on1. The maximum absolute atomic E-state index is 12.8. The van der Waals surface area contributed by atoms with Gasteiger partial charge in [0.15, 0.2) is 22.9 Å². The number of ether oxygens (including phenoxy) is 2. The van der Waals surface area contributed by atoms with Crippen molar-refractivity contribution < 1.29 is 23.6 Å². The molecule has 0 saturated carbocycles. The molecule has 8 nitrogen and oxygen atoms in total. The van der Waals surface area contributed by atoms with Crippen molar-refractivity contribution in [1.82, 2.24) is 14.5 Å². The van der Waals surface area contributed by atoms with Crippen LogP contribution in [0.1, 0.15) is 52.7 Å². The number of carbonyl (C=O) groups is 2. The fourth-order valence-corrected chi connectivity index (χ4v) is 2.85. The topological polar surface area (TPSA) is 95.9 Å². The van der Waals surface area contributed by atoms with E-state index in [1.54, 1.807) is 24.4 Å². The second kappa shape index (κ2) is 8.03. The molecule has 0 aliphatic carbocycles. The summed E-state index contributed by atoms with van der Waals surface area (Å²) in [5, 5.41) is 3.68. The lowest BCUT2D eigenvalue weighted by Gasteiger charge is -2.05. The molecular formula is C19H21N3O5. The molecule has 0 aliphatic rings. The van der Waals surface area contributed by atoms with Gasteiger partial charge in [-0.1, -0.05) is 5.16 Å². The number of nitrogens with zero attached hydrogens (tertiary/aromatic N) is 3. The first kappa shape index (κ1) is 18.6. The zero-order valence-electron chi connectivity index (χ0n) is 15.5. The monoisotopic (exact) mass is 371 g/mol. The lowest BCUT2D eigenvalue weighted by molar-refractivity contribution is 0.0514. The molecule has 0 spiro atoms. The largest absolute Gasteiger partial charge is 0.490 e. The summed E-state index contributed by atoms with van der Waals surface area (Å²) in [5.41, 5.74) is 1.87. The van der Waals surface area contributed by atoms with Gasteiger partial charge in [-0.15, -0.1) is 0 Å². The number of ketones is 1. The van der Waals surface area contributed by atoms with E-state index in [-0.39, 0.29) is 24.5 Å². The van der Waals surface area contributed by atoms with E-state index in [1.807, 2.05) is 19.1 Å². The molecule has 0 atom stereocenters. The summed E-state index contributed by atoms with van der Waals surface area (Å²) in [6.07, 6.45) is 2.31. The quantitative estimate of drug-likeness (QED) is 0.443. The van der Waals surface area contributed by atoms with Gasteiger partial charge >= 0.3 is 5.97 Å². The van der Waals surface area contributed by atoms with E-state index in [9.17, 15) is 9.59 Å². The van der Waals surface area contributed by atoms with Gasteiger partial charge in [0, 0.05) is 25.1 Å². The molecule has 3 aromatic rings. The van der Waals surface area contributed by atoms with Gasteiger partial charge in [0.2, 0.25) is 0 Å². The van der Waals surface area contributed by atoms with Crippen molar-refractivity contribution in [3.05, 3.63) is 47.2 Å². The van der Waals surface area contributed by atoms with Gasteiger partial charge in [-0.2, -0.15) is 0 Å². The molecule has 0 amide bonds. The van der Waals surface area contributed by atoms with Crippen molar-refractivity contribution in [1.29, 1.82) is 0 Å². The van der Waals surface area contributed by atoms with Crippen LogP contribution in [0.2, 0.25) is 0 Å². The molecule has 142 valence electrons. The van der Waals surface area contributed by atoms with E-state index in [2.05, 4.69) is 10.1 Å². The van der Waals surface area contributed by atoms with Crippen molar-refractivity contribution in [2.24, 2.45) is 0 Å². The van der Waals surface area contributed by atoms with Crippen LogP contribution in [0.15, 0.2) is 28.9 Å². The van der Waals surface area contributed by atoms with E-state index in [1.165, 1.54) is 6.07 Å². The summed E-state index contributed by atoms with van der Waals surface area (Å²) in [6.45, 7) is 6.18. The number of carbonyl (C=O) groups excluding carboxylic acids is 2. The summed E-state index contributed by atoms with van der Waals surface area (Å²) >= 11 is 0. The van der Waals surface area contributed by atoms with Crippen LogP contribution >= 0.6 is 0 Å². The molecule has 0 aromatic carbocycles. The Morgan fingerprint density at radius 1 is 1.26 bits per heavy atom. The minimum Gasteiger partial charge on any atom is -0.490 e. The van der Waals surface area contributed by atoms with Crippen LogP contribution in [-0.4, -0.2) is 39.5 Å². The first-order chi connectivity index (χ1) is 13.0. The van der Waals surface area contributed by atoms with E-state index in [0.29, 0.717) is 41.6 Å². The van der Waals surface area contributed by atoms with Crippen LogP contribution in [0.25, 0.3) is 5.65 Å². The Labute approximate surface area is 156 Å². The Kier molecular flexibility index (Phi) is 5.54. The Bertz CT molecular complexity index is 973. The summed E-state index contributed by atoms with van der Waals surface area (Å²) in [4.78, 5) is 28.9.